The van der Waals surface area contributed by atoms with E-state index in [4.69, 9.17) is 4.74 Å². The molecule has 1 amide bonds. The number of likely N-dealkylation sites (tertiary alicyclic amines) is 1. The number of benzene rings is 2. The molecule has 0 bridgehead atoms. The van der Waals surface area contributed by atoms with Crippen LogP contribution >= 0.6 is 0 Å². The van der Waals surface area contributed by atoms with Crippen molar-refractivity contribution in [2.75, 3.05) is 31.6 Å². The molecule has 2 aliphatic heterocycles. The van der Waals surface area contributed by atoms with E-state index in [-0.39, 0.29) is 5.91 Å². The monoisotopic (exact) mass is 378 g/mol. The molecule has 0 aliphatic carbocycles. The minimum absolute atomic E-state index is 0.105. The number of ether oxygens (including phenoxy) is 1. The molecule has 0 atom stereocenters. The molecule has 1 saturated heterocycles. The second kappa shape index (κ2) is 9.24. The Morgan fingerprint density at radius 1 is 1.04 bits per heavy atom. The predicted molar refractivity (Wildman–Crippen MR) is 113 cm³/mol. The largest absolute Gasteiger partial charge is 0.494 e. The second-order valence-corrected chi connectivity index (χ2v) is 8.04. The van der Waals surface area contributed by atoms with Crippen LogP contribution < -0.4 is 10.1 Å². The molecule has 28 heavy (non-hydrogen) atoms. The average Bonchev–Trinajstić information content (AvgIpc) is 2.73. The minimum atomic E-state index is 0.105. The lowest BCUT2D eigenvalue weighted by molar-refractivity contribution is -0.116. The number of rotatable bonds is 7. The summed E-state index contributed by atoms with van der Waals surface area (Å²) < 4.78 is 5.95. The van der Waals surface area contributed by atoms with Crippen molar-refractivity contribution < 1.29 is 9.53 Å². The Balaban J connectivity index is 1.14. The van der Waals surface area contributed by atoms with Crippen LogP contribution in [0.1, 0.15) is 36.8 Å². The maximum absolute atomic E-state index is 11.4. The number of carbonyl (C=O) groups excluding carboxylic acids is 1. The van der Waals surface area contributed by atoms with Gasteiger partial charge < -0.3 is 15.0 Å². The zero-order chi connectivity index (χ0) is 19.2. The lowest BCUT2D eigenvalue weighted by Crippen LogP contribution is -2.35. The van der Waals surface area contributed by atoms with Crippen molar-refractivity contribution in [1.29, 1.82) is 0 Å². The lowest BCUT2D eigenvalue weighted by atomic mass is 9.90. The molecule has 4 nitrogen and oxygen atoms in total. The highest BCUT2D eigenvalue weighted by molar-refractivity contribution is 5.93. The van der Waals surface area contributed by atoms with Gasteiger partial charge in [0.15, 0.2) is 0 Å². The summed E-state index contributed by atoms with van der Waals surface area (Å²) in [5, 5.41) is 2.91. The Morgan fingerprint density at radius 2 is 1.86 bits per heavy atom. The van der Waals surface area contributed by atoms with Gasteiger partial charge in [0.25, 0.3) is 0 Å². The molecule has 0 aromatic heterocycles. The van der Waals surface area contributed by atoms with Gasteiger partial charge in [0.2, 0.25) is 5.91 Å². The maximum Gasteiger partial charge on any atom is 0.224 e. The van der Waals surface area contributed by atoms with Crippen LogP contribution in [0.2, 0.25) is 0 Å². The van der Waals surface area contributed by atoms with Gasteiger partial charge in [-0.05, 0) is 80.4 Å². The van der Waals surface area contributed by atoms with Gasteiger partial charge in [-0.2, -0.15) is 0 Å². The van der Waals surface area contributed by atoms with Crippen LogP contribution in [0.25, 0.3) is 0 Å². The molecular formula is C24H30N2O2. The van der Waals surface area contributed by atoms with Crippen LogP contribution in [-0.4, -0.2) is 37.0 Å². The molecule has 0 saturated carbocycles. The first-order valence-corrected chi connectivity index (χ1v) is 10.6. The summed E-state index contributed by atoms with van der Waals surface area (Å²) in [7, 11) is 0. The molecule has 148 valence electrons. The molecule has 1 fully saturated rings. The van der Waals surface area contributed by atoms with Gasteiger partial charge in [0.1, 0.15) is 5.75 Å². The Labute approximate surface area is 167 Å². The topological polar surface area (TPSA) is 41.6 Å². The summed E-state index contributed by atoms with van der Waals surface area (Å²) in [5.74, 6) is 1.84. The summed E-state index contributed by atoms with van der Waals surface area (Å²) in [5.41, 5.74) is 3.58. The lowest BCUT2D eigenvalue weighted by Gasteiger charge is -2.32. The molecule has 0 radical (unpaired) electrons. The minimum Gasteiger partial charge on any atom is -0.494 e. The van der Waals surface area contributed by atoms with E-state index in [9.17, 15) is 4.79 Å². The van der Waals surface area contributed by atoms with E-state index in [1.807, 2.05) is 12.1 Å². The molecular weight excluding hydrogens is 348 g/mol. The smallest absolute Gasteiger partial charge is 0.224 e. The second-order valence-electron chi connectivity index (χ2n) is 8.04. The van der Waals surface area contributed by atoms with Gasteiger partial charge >= 0.3 is 0 Å². The summed E-state index contributed by atoms with van der Waals surface area (Å²) in [6.07, 6.45) is 6.24. The summed E-state index contributed by atoms with van der Waals surface area (Å²) in [6, 6.07) is 16.9. The first-order valence-electron chi connectivity index (χ1n) is 10.6. The normalized spacial score (nSPS) is 17.8. The fraction of sp³-hybridized carbons (Fsp3) is 0.458. The summed E-state index contributed by atoms with van der Waals surface area (Å²) >= 11 is 0. The van der Waals surface area contributed by atoms with E-state index in [1.54, 1.807) is 0 Å². The molecule has 0 spiro atoms. The number of fused-ring (bicyclic) bond motifs is 1. The Hall–Kier alpha value is -2.33. The molecule has 1 N–H and O–H groups in total. The Bertz CT molecular complexity index is 782. The summed E-state index contributed by atoms with van der Waals surface area (Å²) in [4.78, 5) is 14.0. The first kappa shape index (κ1) is 19.0. The van der Waals surface area contributed by atoms with Gasteiger partial charge in [-0.15, -0.1) is 0 Å². The fourth-order valence-electron chi connectivity index (χ4n) is 4.29. The van der Waals surface area contributed by atoms with Crippen molar-refractivity contribution in [3.05, 3.63) is 59.7 Å². The number of piperidine rings is 1. The van der Waals surface area contributed by atoms with E-state index in [0.717, 1.165) is 43.3 Å². The molecule has 4 rings (SSSR count). The van der Waals surface area contributed by atoms with Crippen molar-refractivity contribution in [2.45, 2.75) is 38.5 Å². The number of hydrogen-bond acceptors (Lipinski definition) is 3. The molecule has 2 aromatic rings. The molecule has 4 heteroatoms. The number of amides is 1. The highest BCUT2D eigenvalue weighted by atomic mass is 16.5. The van der Waals surface area contributed by atoms with Crippen LogP contribution in [0.5, 0.6) is 5.75 Å². The first-order chi connectivity index (χ1) is 13.8. The molecule has 0 unspecified atom stereocenters. The van der Waals surface area contributed by atoms with Crippen molar-refractivity contribution in [3.8, 4) is 5.75 Å². The Morgan fingerprint density at radius 3 is 2.68 bits per heavy atom. The van der Waals surface area contributed by atoms with Crippen molar-refractivity contribution in [2.24, 2.45) is 5.92 Å². The third kappa shape index (κ3) is 5.14. The van der Waals surface area contributed by atoms with Gasteiger partial charge in [-0.1, -0.05) is 30.3 Å². The van der Waals surface area contributed by atoms with Crippen LogP contribution in [0.15, 0.2) is 48.5 Å². The standard InChI is InChI=1S/C24H30N2O2/c27-24-10-7-21-18-22(8-9-23(21)25-24)28-16-4-13-26-14-11-20(12-15-26)17-19-5-2-1-3-6-19/h1-3,5-6,8-9,18,20H,4,7,10-17H2,(H,25,27). The number of hydrogen-bond donors (Lipinski definition) is 1. The molecule has 2 aliphatic rings. The van der Waals surface area contributed by atoms with Gasteiger partial charge in [-0.25, -0.2) is 0 Å². The van der Waals surface area contributed by atoms with E-state index in [2.05, 4.69) is 46.6 Å². The van der Waals surface area contributed by atoms with E-state index >= 15 is 0 Å². The summed E-state index contributed by atoms with van der Waals surface area (Å²) in [6.45, 7) is 4.26. The number of nitrogens with one attached hydrogen (secondary N) is 1. The van der Waals surface area contributed by atoms with Crippen LogP contribution in [0.3, 0.4) is 0 Å². The molecule has 2 aromatic carbocycles. The highest BCUT2D eigenvalue weighted by Crippen LogP contribution is 2.27. The van der Waals surface area contributed by atoms with Crippen molar-refractivity contribution >= 4 is 11.6 Å². The molecule has 2 heterocycles. The van der Waals surface area contributed by atoms with Crippen LogP contribution in [-0.2, 0) is 17.6 Å². The van der Waals surface area contributed by atoms with E-state index in [1.165, 1.54) is 43.5 Å². The van der Waals surface area contributed by atoms with Gasteiger partial charge in [0, 0.05) is 18.7 Å². The van der Waals surface area contributed by atoms with Gasteiger partial charge in [-0.3, -0.25) is 4.79 Å². The number of aryl methyl sites for hydroxylation is 1. The predicted octanol–water partition coefficient (Wildman–Crippen LogP) is 4.29. The highest BCUT2D eigenvalue weighted by Gasteiger charge is 2.19. The third-order valence-electron chi connectivity index (χ3n) is 5.93. The van der Waals surface area contributed by atoms with Crippen molar-refractivity contribution in [1.82, 2.24) is 4.90 Å². The number of carbonyl (C=O) groups is 1. The fourth-order valence-corrected chi connectivity index (χ4v) is 4.29. The zero-order valence-electron chi connectivity index (χ0n) is 16.5. The van der Waals surface area contributed by atoms with Crippen LogP contribution in [0.4, 0.5) is 5.69 Å². The van der Waals surface area contributed by atoms with Gasteiger partial charge in [0.05, 0.1) is 6.61 Å². The number of anilines is 1. The SMILES string of the molecule is O=C1CCc2cc(OCCCN3CCC(Cc4ccccc4)CC3)ccc2N1. The quantitative estimate of drug-likeness (QED) is 0.731. The van der Waals surface area contributed by atoms with Crippen molar-refractivity contribution in [3.63, 3.8) is 0 Å². The third-order valence-corrected chi connectivity index (χ3v) is 5.93. The van der Waals surface area contributed by atoms with Crippen LogP contribution in [0, 0.1) is 5.92 Å². The zero-order valence-corrected chi connectivity index (χ0v) is 16.5. The number of nitrogens with zero attached hydrogens (tertiary/aromatic N) is 1. The Kier molecular flexibility index (Phi) is 6.27. The maximum atomic E-state index is 11.4. The van der Waals surface area contributed by atoms with E-state index in [0.29, 0.717) is 6.42 Å². The van der Waals surface area contributed by atoms with E-state index < -0.39 is 0 Å². The average molecular weight is 379 g/mol.